The van der Waals surface area contributed by atoms with E-state index < -0.39 is 0 Å². The molecule has 98 valence electrons. The van der Waals surface area contributed by atoms with Crippen LogP contribution in [0.2, 0.25) is 0 Å². The first kappa shape index (κ1) is 13.1. The largest absolute Gasteiger partial charge is 0.353 e. The zero-order chi connectivity index (χ0) is 13.2. The van der Waals surface area contributed by atoms with Gasteiger partial charge >= 0.3 is 0 Å². The predicted octanol–water partition coefficient (Wildman–Crippen LogP) is 1.42. The van der Waals surface area contributed by atoms with Gasteiger partial charge in [-0.1, -0.05) is 19.9 Å². The van der Waals surface area contributed by atoms with Crippen LogP contribution in [0.1, 0.15) is 31.6 Å². The van der Waals surface area contributed by atoms with Gasteiger partial charge in [0.05, 0.1) is 0 Å². The first-order valence-electron chi connectivity index (χ1n) is 6.10. The van der Waals surface area contributed by atoms with Crippen molar-refractivity contribution in [1.29, 1.82) is 0 Å². The van der Waals surface area contributed by atoms with E-state index in [2.05, 4.69) is 30.5 Å². The highest BCUT2D eigenvalue weighted by Crippen LogP contribution is 2.26. The fourth-order valence-electron chi connectivity index (χ4n) is 1.99. The van der Waals surface area contributed by atoms with Crippen molar-refractivity contribution in [1.82, 2.24) is 10.6 Å². The van der Waals surface area contributed by atoms with Crippen molar-refractivity contribution in [3.63, 3.8) is 0 Å². The molecule has 2 heterocycles. The maximum absolute atomic E-state index is 11.9. The Kier molecular flexibility index (Phi) is 3.71. The van der Waals surface area contributed by atoms with Crippen LogP contribution in [0.3, 0.4) is 0 Å². The Bertz CT molecular complexity index is 440. The predicted molar refractivity (Wildman–Crippen MR) is 71.5 cm³/mol. The minimum atomic E-state index is -0.350. The van der Waals surface area contributed by atoms with Crippen LogP contribution in [0, 0.1) is 0 Å². The van der Waals surface area contributed by atoms with Gasteiger partial charge in [-0.3, -0.25) is 9.59 Å². The van der Waals surface area contributed by atoms with E-state index in [1.807, 2.05) is 11.4 Å². The van der Waals surface area contributed by atoms with Crippen molar-refractivity contribution in [3.05, 3.63) is 22.4 Å². The van der Waals surface area contributed by atoms with Crippen LogP contribution in [0.4, 0.5) is 0 Å². The van der Waals surface area contributed by atoms with Crippen molar-refractivity contribution in [3.8, 4) is 0 Å². The summed E-state index contributed by atoms with van der Waals surface area (Å²) in [5.74, 6) is -0.113. The van der Waals surface area contributed by atoms with Gasteiger partial charge in [-0.05, 0) is 17.9 Å². The van der Waals surface area contributed by atoms with E-state index in [-0.39, 0.29) is 23.3 Å². The summed E-state index contributed by atoms with van der Waals surface area (Å²) < 4.78 is 0. The lowest BCUT2D eigenvalue weighted by atomic mass is 9.91. The summed E-state index contributed by atoms with van der Waals surface area (Å²) in [6.45, 7) is 4.79. The van der Waals surface area contributed by atoms with Crippen molar-refractivity contribution < 1.29 is 9.59 Å². The fraction of sp³-hybridized carbons (Fsp3) is 0.538. The number of carbonyl (C=O) groups excluding carboxylic acids is 2. The number of nitrogens with one attached hydrogen (secondary N) is 2. The second-order valence-corrected chi connectivity index (χ2v) is 6.19. The van der Waals surface area contributed by atoms with Crippen molar-refractivity contribution in [2.75, 3.05) is 6.54 Å². The first-order valence-corrected chi connectivity index (χ1v) is 6.98. The second kappa shape index (κ2) is 5.10. The van der Waals surface area contributed by atoms with Gasteiger partial charge in [-0.15, -0.1) is 11.3 Å². The minimum absolute atomic E-state index is 0.0346. The van der Waals surface area contributed by atoms with E-state index in [0.717, 1.165) is 0 Å². The molecule has 0 aliphatic carbocycles. The summed E-state index contributed by atoms with van der Waals surface area (Å²) in [5, 5.41) is 7.64. The lowest BCUT2D eigenvalue weighted by Crippen LogP contribution is -2.45. The molecule has 5 heteroatoms. The Labute approximate surface area is 111 Å². The van der Waals surface area contributed by atoms with Crippen LogP contribution in [0.5, 0.6) is 0 Å². The number of amides is 2. The van der Waals surface area contributed by atoms with Crippen LogP contribution in [-0.4, -0.2) is 24.4 Å². The lowest BCUT2D eigenvalue weighted by molar-refractivity contribution is -0.125. The number of hydrogen-bond donors (Lipinski definition) is 2. The summed E-state index contributed by atoms with van der Waals surface area (Å²) >= 11 is 1.69. The summed E-state index contributed by atoms with van der Waals surface area (Å²) in [6, 6.07) is 3.74. The van der Waals surface area contributed by atoms with Gasteiger partial charge < -0.3 is 10.6 Å². The molecule has 1 fully saturated rings. The van der Waals surface area contributed by atoms with E-state index in [4.69, 9.17) is 0 Å². The highest BCUT2D eigenvalue weighted by molar-refractivity contribution is 7.10. The molecule has 0 spiro atoms. The first-order chi connectivity index (χ1) is 8.49. The molecule has 1 saturated heterocycles. The molecule has 1 aliphatic rings. The van der Waals surface area contributed by atoms with Gasteiger partial charge in [0.15, 0.2) is 0 Å². The lowest BCUT2D eigenvalue weighted by Gasteiger charge is -2.24. The van der Waals surface area contributed by atoms with Gasteiger partial charge in [-0.25, -0.2) is 0 Å². The van der Waals surface area contributed by atoms with Crippen LogP contribution in [0.25, 0.3) is 0 Å². The molecular formula is C13H18N2O2S. The van der Waals surface area contributed by atoms with Gasteiger partial charge in [0.1, 0.15) is 6.04 Å². The van der Waals surface area contributed by atoms with Crippen molar-refractivity contribution in [2.24, 2.45) is 0 Å². The topological polar surface area (TPSA) is 58.2 Å². The molecule has 18 heavy (non-hydrogen) atoms. The summed E-state index contributed by atoms with van der Waals surface area (Å²) in [5.41, 5.74) is -0.0769. The fourth-order valence-corrected chi connectivity index (χ4v) is 2.84. The van der Waals surface area contributed by atoms with Crippen molar-refractivity contribution >= 4 is 23.2 Å². The molecule has 0 bridgehead atoms. The Morgan fingerprint density at radius 1 is 1.61 bits per heavy atom. The molecule has 1 aliphatic heterocycles. The number of hydrogen-bond acceptors (Lipinski definition) is 3. The van der Waals surface area contributed by atoms with Crippen molar-refractivity contribution in [2.45, 2.75) is 38.1 Å². The SMILES string of the molecule is CC(C)(CNC(=O)C1CCC(=O)N1)c1cccs1. The van der Waals surface area contributed by atoms with Gasteiger partial charge in [0.25, 0.3) is 0 Å². The molecule has 1 aromatic heterocycles. The van der Waals surface area contributed by atoms with Gasteiger partial charge in [0.2, 0.25) is 11.8 Å². The third-order valence-electron chi connectivity index (χ3n) is 3.20. The molecule has 1 unspecified atom stereocenters. The monoisotopic (exact) mass is 266 g/mol. The highest BCUT2D eigenvalue weighted by Gasteiger charge is 2.29. The third kappa shape index (κ3) is 2.90. The standard InChI is InChI=1S/C13H18N2O2S/c1-13(2,10-4-3-7-18-10)8-14-12(17)9-5-6-11(16)15-9/h3-4,7,9H,5-6,8H2,1-2H3,(H,14,17)(H,15,16). The molecule has 4 nitrogen and oxygen atoms in total. The Morgan fingerprint density at radius 3 is 2.94 bits per heavy atom. The van der Waals surface area contributed by atoms with Gasteiger partial charge in [0, 0.05) is 23.3 Å². The number of thiophene rings is 1. The molecular weight excluding hydrogens is 248 g/mol. The van der Waals surface area contributed by atoms with Crippen LogP contribution < -0.4 is 10.6 Å². The van der Waals surface area contributed by atoms with E-state index in [9.17, 15) is 9.59 Å². The number of carbonyl (C=O) groups is 2. The van der Waals surface area contributed by atoms with Crippen LogP contribution in [-0.2, 0) is 15.0 Å². The Hall–Kier alpha value is -1.36. The summed E-state index contributed by atoms with van der Waals surface area (Å²) in [7, 11) is 0. The average Bonchev–Trinajstić information content (AvgIpc) is 2.96. The quantitative estimate of drug-likeness (QED) is 0.866. The number of rotatable bonds is 4. The van der Waals surface area contributed by atoms with E-state index in [1.165, 1.54) is 4.88 Å². The zero-order valence-corrected chi connectivity index (χ0v) is 11.5. The molecule has 1 atom stereocenters. The van der Waals surface area contributed by atoms with Crippen LogP contribution in [0.15, 0.2) is 17.5 Å². The summed E-state index contributed by atoms with van der Waals surface area (Å²) in [6.07, 6.45) is 1.05. The van der Waals surface area contributed by atoms with E-state index >= 15 is 0 Å². The maximum Gasteiger partial charge on any atom is 0.242 e. The zero-order valence-electron chi connectivity index (χ0n) is 10.7. The molecule has 1 aromatic rings. The van der Waals surface area contributed by atoms with Crippen LogP contribution >= 0.6 is 11.3 Å². The van der Waals surface area contributed by atoms with E-state index in [1.54, 1.807) is 11.3 Å². The second-order valence-electron chi connectivity index (χ2n) is 5.24. The highest BCUT2D eigenvalue weighted by atomic mass is 32.1. The molecule has 0 radical (unpaired) electrons. The van der Waals surface area contributed by atoms with E-state index in [0.29, 0.717) is 19.4 Å². The van der Waals surface area contributed by atoms with Gasteiger partial charge in [-0.2, -0.15) is 0 Å². The minimum Gasteiger partial charge on any atom is -0.353 e. The molecule has 2 N–H and O–H groups in total. The molecule has 0 saturated carbocycles. The Morgan fingerprint density at radius 2 is 2.39 bits per heavy atom. The molecule has 2 rings (SSSR count). The third-order valence-corrected chi connectivity index (χ3v) is 4.44. The average molecular weight is 266 g/mol. The Balaban J connectivity index is 1.88. The molecule has 0 aromatic carbocycles. The normalized spacial score (nSPS) is 19.7. The smallest absolute Gasteiger partial charge is 0.242 e. The molecule has 2 amide bonds. The maximum atomic E-state index is 11.9. The summed E-state index contributed by atoms with van der Waals surface area (Å²) in [4.78, 5) is 24.2.